The number of hydrogen-bond donors (Lipinski definition) is 2. The van der Waals surface area contributed by atoms with Gasteiger partial charge in [0.15, 0.2) is 0 Å². The van der Waals surface area contributed by atoms with Crippen LogP contribution in [0.4, 0.5) is 0 Å². The minimum absolute atomic E-state index is 0.368. The molecule has 3 nitrogen and oxygen atoms in total. The summed E-state index contributed by atoms with van der Waals surface area (Å²) in [5.41, 5.74) is 3.58. The van der Waals surface area contributed by atoms with E-state index in [4.69, 9.17) is 5.84 Å². The Morgan fingerprint density at radius 3 is 2.32 bits per heavy atom. The first-order valence-electron chi connectivity index (χ1n) is 8.44. The lowest BCUT2D eigenvalue weighted by molar-refractivity contribution is 0.0659. The van der Waals surface area contributed by atoms with Gasteiger partial charge in [0.25, 0.3) is 0 Å². The van der Waals surface area contributed by atoms with Gasteiger partial charge >= 0.3 is 0 Å². The zero-order valence-corrected chi connectivity index (χ0v) is 13.0. The molecule has 0 radical (unpaired) electrons. The molecule has 0 aromatic carbocycles. The van der Waals surface area contributed by atoms with Crippen LogP contribution < -0.4 is 11.3 Å². The summed E-state index contributed by atoms with van der Waals surface area (Å²) in [4.78, 5) is 2.77. The van der Waals surface area contributed by atoms with E-state index in [9.17, 15) is 0 Å². The SMILES string of the molecule is CCCC(C)CC(NN)C1(N2CCCC2)CCCC1. The van der Waals surface area contributed by atoms with E-state index >= 15 is 0 Å². The van der Waals surface area contributed by atoms with E-state index < -0.39 is 0 Å². The van der Waals surface area contributed by atoms with Gasteiger partial charge in [0.1, 0.15) is 0 Å². The van der Waals surface area contributed by atoms with Crippen molar-refractivity contribution in [1.82, 2.24) is 10.3 Å². The second-order valence-electron chi connectivity index (χ2n) is 6.85. The smallest absolute Gasteiger partial charge is 0.0397 e. The van der Waals surface area contributed by atoms with Crippen LogP contribution in [0.15, 0.2) is 0 Å². The number of nitrogens with one attached hydrogen (secondary N) is 1. The van der Waals surface area contributed by atoms with Crippen LogP contribution in [0.5, 0.6) is 0 Å². The summed E-state index contributed by atoms with van der Waals surface area (Å²) in [5, 5.41) is 0. The van der Waals surface area contributed by atoms with Gasteiger partial charge in [-0.05, 0) is 51.1 Å². The summed E-state index contributed by atoms with van der Waals surface area (Å²) in [7, 11) is 0. The van der Waals surface area contributed by atoms with E-state index in [0.29, 0.717) is 11.6 Å². The summed E-state index contributed by atoms with van der Waals surface area (Å²) in [6.45, 7) is 7.26. The van der Waals surface area contributed by atoms with Crippen LogP contribution in [0.2, 0.25) is 0 Å². The fraction of sp³-hybridized carbons (Fsp3) is 1.00. The average molecular weight is 267 g/mol. The fourth-order valence-electron chi connectivity index (χ4n) is 4.49. The molecule has 0 spiro atoms. The maximum absolute atomic E-state index is 5.97. The summed E-state index contributed by atoms with van der Waals surface area (Å²) >= 11 is 0. The van der Waals surface area contributed by atoms with E-state index in [0.717, 1.165) is 5.92 Å². The molecule has 2 aliphatic rings. The predicted molar refractivity (Wildman–Crippen MR) is 81.8 cm³/mol. The van der Waals surface area contributed by atoms with E-state index in [1.165, 1.54) is 70.9 Å². The van der Waals surface area contributed by atoms with Crippen molar-refractivity contribution < 1.29 is 0 Å². The molecule has 0 aromatic heterocycles. The predicted octanol–water partition coefficient (Wildman–Crippen LogP) is 3.05. The Bertz CT molecular complexity index is 255. The van der Waals surface area contributed by atoms with E-state index in [2.05, 4.69) is 24.2 Å². The van der Waals surface area contributed by atoms with Gasteiger partial charge in [0, 0.05) is 11.6 Å². The van der Waals surface area contributed by atoms with Gasteiger partial charge in [-0.2, -0.15) is 0 Å². The number of likely N-dealkylation sites (tertiary alicyclic amines) is 1. The van der Waals surface area contributed by atoms with Crippen molar-refractivity contribution in [2.24, 2.45) is 11.8 Å². The Labute approximate surface area is 119 Å². The molecule has 2 fully saturated rings. The molecule has 0 amide bonds. The number of rotatable bonds is 7. The lowest BCUT2D eigenvalue weighted by atomic mass is 9.81. The van der Waals surface area contributed by atoms with Crippen molar-refractivity contribution in [2.45, 2.75) is 83.2 Å². The highest BCUT2D eigenvalue weighted by Gasteiger charge is 2.46. The van der Waals surface area contributed by atoms with Crippen molar-refractivity contribution in [3.05, 3.63) is 0 Å². The molecule has 19 heavy (non-hydrogen) atoms. The van der Waals surface area contributed by atoms with Gasteiger partial charge in [-0.15, -0.1) is 0 Å². The highest BCUT2D eigenvalue weighted by Crippen LogP contribution is 2.41. The van der Waals surface area contributed by atoms with Crippen LogP contribution in [0.1, 0.15) is 71.6 Å². The largest absolute Gasteiger partial charge is 0.296 e. The molecular formula is C16H33N3. The van der Waals surface area contributed by atoms with Crippen LogP contribution in [0.25, 0.3) is 0 Å². The lowest BCUT2D eigenvalue weighted by Crippen LogP contribution is -2.61. The molecule has 3 heteroatoms. The summed E-state index contributed by atoms with van der Waals surface area (Å²) in [6.07, 6.45) is 12.1. The third-order valence-corrected chi connectivity index (χ3v) is 5.47. The van der Waals surface area contributed by atoms with Gasteiger partial charge in [-0.1, -0.05) is 39.5 Å². The van der Waals surface area contributed by atoms with Gasteiger partial charge in [0.05, 0.1) is 0 Å². The highest BCUT2D eigenvalue weighted by molar-refractivity contribution is 5.04. The molecule has 3 N–H and O–H groups in total. The normalized spacial score (nSPS) is 26.7. The Morgan fingerprint density at radius 2 is 1.79 bits per heavy atom. The minimum Gasteiger partial charge on any atom is -0.296 e. The van der Waals surface area contributed by atoms with Crippen LogP contribution in [0.3, 0.4) is 0 Å². The molecule has 0 aromatic rings. The van der Waals surface area contributed by atoms with Crippen molar-refractivity contribution in [3.63, 3.8) is 0 Å². The Morgan fingerprint density at radius 1 is 1.16 bits per heavy atom. The maximum Gasteiger partial charge on any atom is 0.0397 e. The third-order valence-electron chi connectivity index (χ3n) is 5.47. The van der Waals surface area contributed by atoms with Gasteiger partial charge in [-0.3, -0.25) is 16.2 Å². The fourth-order valence-corrected chi connectivity index (χ4v) is 4.49. The molecule has 1 heterocycles. The minimum atomic E-state index is 0.368. The van der Waals surface area contributed by atoms with E-state index in [-0.39, 0.29) is 0 Å². The first kappa shape index (κ1) is 15.3. The van der Waals surface area contributed by atoms with E-state index in [1.54, 1.807) is 0 Å². The first-order valence-corrected chi connectivity index (χ1v) is 8.44. The molecule has 2 atom stereocenters. The van der Waals surface area contributed by atoms with Crippen molar-refractivity contribution in [3.8, 4) is 0 Å². The number of nitrogens with two attached hydrogens (primary N) is 1. The van der Waals surface area contributed by atoms with Crippen LogP contribution in [0, 0.1) is 5.92 Å². The molecular weight excluding hydrogens is 234 g/mol. The Balaban J connectivity index is 2.06. The molecule has 112 valence electrons. The standard InChI is InChI=1S/C16H33N3/c1-3-8-14(2)13-15(18-17)16(9-4-5-10-16)19-11-6-7-12-19/h14-15,18H,3-13,17H2,1-2H3. The maximum atomic E-state index is 5.97. The van der Waals surface area contributed by atoms with Crippen LogP contribution in [-0.4, -0.2) is 29.6 Å². The summed E-state index contributed by atoms with van der Waals surface area (Å²) < 4.78 is 0. The van der Waals surface area contributed by atoms with Gasteiger partial charge in [0.2, 0.25) is 0 Å². The van der Waals surface area contributed by atoms with Gasteiger partial charge < -0.3 is 0 Å². The van der Waals surface area contributed by atoms with Gasteiger partial charge in [-0.25, -0.2) is 0 Å². The van der Waals surface area contributed by atoms with Crippen LogP contribution >= 0.6 is 0 Å². The number of hydrazine groups is 1. The zero-order valence-electron chi connectivity index (χ0n) is 13.0. The Hall–Kier alpha value is -0.120. The number of nitrogens with zero attached hydrogens (tertiary/aromatic N) is 1. The monoisotopic (exact) mass is 267 g/mol. The number of hydrogen-bond acceptors (Lipinski definition) is 3. The third kappa shape index (κ3) is 3.32. The van der Waals surface area contributed by atoms with Crippen molar-refractivity contribution in [2.75, 3.05) is 13.1 Å². The average Bonchev–Trinajstić information content (AvgIpc) is 3.07. The topological polar surface area (TPSA) is 41.3 Å². The van der Waals surface area contributed by atoms with Crippen LogP contribution in [-0.2, 0) is 0 Å². The second kappa shape index (κ2) is 7.05. The molecule has 1 aliphatic carbocycles. The second-order valence-corrected chi connectivity index (χ2v) is 6.85. The molecule has 2 rings (SSSR count). The Kier molecular flexibility index (Phi) is 5.67. The molecule has 0 bridgehead atoms. The molecule has 2 unspecified atom stereocenters. The zero-order chi connectivity index (χ0) is 13.7. The van der Waals surface area contributed by atoms with Crippen molar-refractivity contribution >= 4 is 0 Å². The summed E-state index contributed by atoms with van der Waals surface area (Å²) in [6, 6.07) is 0.481. The first-order chi connectivity index (χ1) is 9.23. The summed E-state index contributed by atoms with van der Waals surface area (Å²) in [5.74, 6) is 6.76. The molecule has 1 saturated carbocycles. The molecule has 1 aliphatic heterocycles. The molecule has 1 saturated heterocycles. The highest BCUT2D eigenvalue weighted by atomic mass is 15.3. The lowest BCUT2D eigenvalue weighted by Gasteiger charge is -2.45. The van der Waals surface area contributed by atoms with Crippen molar-refractivity contribution in [1.29, 1.82) is 0 Å². The van der Waals surface area contributed by atoms with E-state index in [1.807, 2.05) is 0 Å². The quantitative estimate of drug-likeness (QED) is 0.550.